The zero-order chi connectivity index (χ0) is 15.0. The van der Waals surface area contributed by atoms with Crippen LogP contribution in [0.15, 0.2) is 12.1 Å². The number of nitrogens with one attached hydrogen (secondary N) is 1. The van der Waals surface area contributed by atoms with Gasteiger partial charge in [-0.05, 0) is 25.9 Å². The number of H-pyrrole nitrogens is 1. The summed E-state index contributed by atoms with van der Waals surface area (Å²) < 4.78 is 26.3. The summed E-state index contributed by atoms with van der Waals surface area (Å²) in [6, 6.07) is 2.17. The quantitative estimate of drug-likeness (QED) is 0.910. The van der Waals surface area contributed by atoms with Crippen LogP contribution in [-0.4, -0.2) is 39.0 Å². The Morgan fingerprint density at radius 1 is 1.33 bits per heavy atom. The van der Waals surface area contributed by atoms with Gasteiger partial charge in [-0.2, -0.15) is 0 Å². The number of piperidine rings is 1. The van der Waals surface area contributed by atoms with Gasteiger partial charge in [-0.15, -0.1) is 0 Å². The van der Waals surface area contributed by atoms with Crippen molar-refractivity contribution < 1.29 is 18.7 Å². The highest BCUT2D eigenvalue weighted by Gasteiger charge is 2.24. The number of hydrogen-bond acceptors (Lipinski definition) is 3. The number of likely N-dealkylation sites (tertiary alicyclic amines) is 1. The molecular formula is C14H15F2N3O2. The molecule has 1 aliphatic rings. The van der Waals surface area contributed by atoms with E-state index in [0.29, 0.717) is 49.3 Å². The predicted molar refractivity (Wildman–Crippen MR) is 71.6 cm³/mol. The Bertz CT molecular complexity index is 639. The van der Waals surface area contributed by atoms with Gasteiger partial charge >= 0.3 is 5.97 Å². The molecule has 2 N–H and O–H groups in total. The fourth-order valence-corrected chi connectivity index (χ4v) is 2.68. The summed E-state index contributed by atoms with van der Waals surface area (Å²) in [7, 11) is 0. The molecule has 2 aromatic rings. The van der Waals surface area contributed by atoms with Crippen LogP contribution in [0.1, 0.15) is 18.7 Å². The van der Waals surface area contributed by atoms with Crippen molar-refractivity contribution in [2.24, 2.45) is 5.92 Å². The molecule has 3 rings (SSSR count). The largest absolute Gasteiger partial charge is 0.481 e. The van der Waals surface area contributed by atoms with E-state index < -0.39 is 17.6 Å². The fourth-order valence-electron chi connectivity index (χ4n) is 2.68. The molecule has 0 aliphatic carbocycles. The molecular weight excluding hydrogens is 280 g/mol. The molecule has 7 heteroatoms. The highest BCUT2D eigenvalue weighted by Crippen LogP contribution is 2.20. The van der Waals surface area contributed by atoms with Gasteiger partial charge in [0, 0.05) is 12.1 Å². The zero-order valence-electron chi connectivity index (χ0n) is 11.3. The van der Waals surface area contributed by atoms with Crippen LogP contribution in [0.2, 0.25) is 0 Å². The van der Waals surface area contributed by atoms with E-state index in [1.165, 1.54) is 0 Å². The van der Waals surface area contributed by atoms with Crippen molar-refractivity contribution >= 4 is 17.0 Å². The number of benzene rings is 1. The van der Waals surface area contributed by atoms with Crippen molar-refractivity contribution in [1.29, 1.82) is 0 Å². The third-order valence-electron chi connectivity index (χ3n) is 3.88. The number of aromatic amines is 1. The number of carboxylic acid groups (broad SMARTS) is 1. The van der Waals surface area contributed by atoms with E-state index in [9.17, 15) is 13.6 Å². The molecule has 21 heavy (non-hydrogen) atoms. The number of nitrogens with zero attached hydrogens (tertiary/aromatic N) is 2. The van der Waals surface area contributed by atoms with Gasteiger partial charge in [0.05, 0.1) is 23.5 Å². The van der Waals surface area contributed by atoms with Gasteiger partial charge in [-0.25, -0.2) is 13.8 Å². The summed E-state index contributed by atoms with van der Waals surface area (Å²) in [5, 5.41) is 8.95. The van der Waals surface area contributed by atoms with Crippen molar-refractivity contribution in [3.63, 3.8) is 0 Å². The van der Waals surface area contributed by atoms with Crippen molar-refractivity contribution in [2.45, 2.75) is 19.4 Å². The second kappa shape index (κ2) is 5.40. The van der Waals surface area contributed by atoms with Crippen LogP contribution in [-0.2, 0) is 11.3 Å². The third-order valence-corrected chi connectivity index (χ3v) is 3.88. The maximum atomic E-state index is 13.1. The molecule has 0 saturated carbocycles. The van der Waals surface area contributed by atoms with E-state index in [0.717, 1.165) is 12.1 Å². The fraction of sp³-hybridized carbons (Fsp3) is 0.429. The lowest BCUT2D eigenvalue weighted by molar-refractivity contribution is -0.143. The lowest BCUT2D eigenvalue weighted by atomic mass is 9.97. The maximum absolute atomic E-state index is 13.1. The molecule has 0 unspecified atom stereocenters. The molecule has 0 bridgehead atoms. The van der Waals surface area contributed by atoms with E-state index in [1.807, 2.05) is 0 Å². The third kappa shape index (κ3) is 2.87. The van der Waals surface area contributed by atoms with Gasteiger partial charge in [0.25, 0.3) is 0 Å². The van der Waals surface area contributed by atoms with E-state index in [-0.39, 0.29) is 5.92 Å². The molecule has 1 aliphatic heterocycles. The Hall–Kier alpha value is -2.02. The number of rotatable bonds is 3. The molecule has 0 atom stereocenters. The van der Waals surface area contributed by atoms with Crippen molar-refractivity contribution in [1.82, 2.24) is 14.9 Å². The minimum atomic E-state index is -0.914. The number of halogens is 2. The number of imidazole rings is 1. The normalized spacial score (nSPS) is 17.4. The topological polar surface area (TPSA) is 69.2 Å². The van der Waals surface area contributed by atoms with E-state index in [2.05, 4.69) is 14.9 Å². The lowest BCUT2D eigenvalue weighted by Crippen LogP contribution is -2.36. The molecule has 0 spiro atoms. The van der Waals surface area contributed by atoms with Gasteiger partial charge in [-0.3, -0.25) is 9.69 Å². The number of fused-ring (bicyclic) bond motifs is 1. The van der Waals surface area contributed by atoms with Gasteiger partial charge in [0.2, 0.25) is 0 Å². The molecule has 0 radical (unpaired) electrons. The van der Waals surface area contributed by atoms with Gasteiger partial charge in [-0.1, -0.05) is 0 Å². The minimum absolute atomic E-state index is 0.278. The van der Waals surface area contributed by atoms with Crippen LogP contribution in [0.25, 0.3) is 11.0 Å². The molecule has 0 amide bonds. The molecule has 1 aromatic carbocycles. The summed E-state index contributed by atoms with van der Waals surface area (Å²) in [4.78, 5) is 20.2. The predicted octanol–water partition coefficient (Wildman–Crippen LogP) is 2.14. The Labute approximate surface area is 119 Å². The second-order valence-corrected chi connectivity index (χ2v) is 5.36. The highest BCUT2D eigenvalue weighted by atomic mass is 19.2. The average Bonchev–Trinajstić information content (AvgIpc) is 2.81. The summed E-state index contributed by atoms with van der Waals surface area (Å²) in [5.74, 6) is -2.21. The van der Waals surface area contributed by atoms with Crippen LogP contribution in [0.3, 0.4) is 0 Å². The number of carbonyl (C=O) groups is 1. The second-order valence-electron chi connectivity index (χ2n) is 5.36. The van der Waals surface area contributed by atoms with Gasteiger partial charge < -0.3 is 10.1 Å². The summed E-state index contributed by atoms with van der Waals surface area (Å²) in [6.07, 6.45) is 1.22. The van der Waals surface area contributed by atoms with Crippen LogP contribution < -0.4 is 0 Å². The van der Waals surface area contributed by atoms with Crippen molar-refractivity contribution in [2.75, 3.05) is 13.1 Å². The maximum Gasteiger partial charge on any atom is 0.306 e. The number of aliphatic carboxylic acids is 1. The van der Waals surface area contributed by atoms with E-state index >= 15 is 0 Å². The summed E-state index contributed by atoms with van der Waals surface area (Å²) in [5.41, 5.74) is 0.855. The van der Waals surface area contributed by atoms with E-state index in [4.69, 9.17) is 5.11 Å². The van der Waals surface area contributed by atoms with Crippen LogP contribution in [0.5, 0.6) is 0 Å². The first-order valence-electron chi connectivity index (χ1n) is 6.82. The lowest BCUT2D eigenvalue weighted by Gasteiger charge is -2.29. The Balaban J connectivity index is 1.70. The van der Waals surface area contributed by atoms with Crippen molar-refractivity contribution in [3.05, 3.63) is 29.6 Å². The van der Waals surface area contributed by atoms with E-state index in [1.54, 1.807) is 0 Å². The van der Waals surface area contributed by atoms with Gasteiger partial charge in [0.15, 0.2) is 11.6 Å². The number of aromatic nitrogens is 2. The molecule has 5 nitrogen and oxygen atoms in total. The molecule has 1 aromatic heterocycles. The first kappa shape index (κ1) is 13.9. The average molecular weight is 295 g/mol. The smallest absolute Gasteiger partial charge is 0.306 e. The minimum Gasteiger partial charge on any atom is -0.481 e. The Morgan fingerprint density at radius 2 is 2.00 bits per heavy atom. The van der Waals surface area contributed by atoms with Crippen LogP contribution >= 0.6 is 0 Å². The SMILES string of the molecule is O=C(O)C1CCN(Cc2nc3cc(F)c(F)cc3[nH]2)CC1. The molecule has 2 heterocycles. The molecule has 112 valence electrons. The Morgan fingerprint density at radius 3 is 2.67 bits per heavy atom. The highest BCUT2D eigenvalue weighted by molar-refractivity contribution is 5.75. The standard InChI is InChI=1S/C14H15F2N3O2/c15-9-5-11-12(6-10(9)16)18-13(17-11)7-19-3-1-8(2-4-19)14(20)21/h5-6,8H,1-4,7H2,(H,17,18)(H,20,21). The summed E-state index contributed by atoms with van der Waals surface area (Å²) in [6.45, 7) is 1.87. The van der Waals surface area contributed by atoms with Gasteiger partial charge in [0.1, 0.15) is 5.82 Å². The van der Waals surface area contributed by atoms with Crippen LogP contribution in [0.4, 0.5) is 8.78 Å². The zero-order valence-corrected chi connectivity index (χ0v) is 11.3. The number of hydrogen-bond donors (Lipinski definition) is 2. The Kier molecular flexibility index (Phi) is 3.59. The first-order chi connectivity index (χ1) is 10.0. The monoisotopic (exact) mass is 295 g/mol. The first-order valence-corrected chi connectivity index (χ1v) is 6.82. The summed E-state index contributed by atoms with van der Waals surface area (Å²) >= 11 is 0. The molecule has 1 saturated heterocycles. The molecule has 1 fully saturated rings. The van der Waals surface area contributed by atoms with Crippen molar-refractivity contribution in [3.8, 4) is 0 Å². The van der Waals surface area contributed by atoms with Crippen LogP contribution in [0, 0.1) is 17.6 Å². The number of carboxylic acids is 1.